The molecule has 1 aromatic heterocycles. The third-order valence-corrected chi connectivity index (χ3v) is 4.16. The zero-order valence-electron chi connectivity index (χ0n) is 11.1. The lowest BCUT2D eigenvalue weighted by Crippen LogP contribution is -2.11. The lowest BCUT2D eigenvalue weighted by Gasteiger charge is -2.04. The van der Waals surface area contributed by atoms with E-state index in [9.17, 15) is 0 Å². The topological polar surface area (TPSA) is 21.3 Å². The van der Waals surface area contributed by atoms with E-state index in [0.29, 0.717) is 0 Å². The van der Waals surface area contributed by atoms with Gasteiger partial charge in [-0.25, -0.2) is 0 Å². The lowest BCUT2D eigenvalue weighted by atomic mass is 10.2. The number of aryl methyl sites for hydroxylation is 2. The van der Waals surface area contributed by atoms with Crippen LogP contribution in [0.15, 0.2) is 30.3 Å². The van der Waals surface area contributed by atoms with Crippen molar-refractivity contribution in [2.24, 2.45) is 0 Å². The summed E-state index contributed by atoms with van der Waals surface area (Å²) in [6.45, 7) is 6.16. The Labute approximate surface area is 113 Å². The maximum absolute atomic E-state index is 5.14. The van der Waals surface area contributed by atoms with E-state index in [-0.39, 0.29) is 0 Å². The van der Waals surface area contributed by atoms with Gasteiger partial charge in [-0.15, -0.1) is 11.3 Å². The summed E-state index contributed by atoms with van der Waals surface area (Å²) in [4.78, 5) is 2.81. The monoisotopic (exact) mass is 261 g/mol. The molecule has 1 heterocycles. The van der Waals surface area contributed by atoms with Crippen LogP contribution in [0.25, 0.3) is 0 Å². The SMILES string of the molecule is COc1ccc(CNCc2cc(C)c(C)s2)cc1. The van der Waals surface area contributed by atoms with Crippen molar-refractivity contribution in [2.75, 3.05) is 7.11 Å². The number of benzene rings is 1. The summed E-state index contributed by atoms with van der Waals surface area (Å²) in [6.07, 6.45) is 0. The standard InChI is InChI=1S/C15H19NOS/c1-11-8-15(18-12(11)2)10-16-9-13-4-6-14(17-3)7-5-13/h4-8,16H,9-10H2,1-3H3. The molecule has 0 amide bonds. The molecule has 0 radical (unpaired) electrons. The van der Waals surface area contributed by atoms with Crippen LogP contribution in [0.4, 0.5) is 0 Å². The van der Waals surface area contributed by atoms with E-state index in [4.69, 9.17) is 4.74 Å². The van der Waals surface area contributed by atoms with E-state index in [1.807, 2.05) is 23.5 Å². The van der Waals surface area contributed by atoms with Crippen molar-refractivity contribution in [1.82, 2.24) is 5.32 Å². The van der Waals surface area contributed by atoms with Gasteiger partial charge in [0.2, 0.25) is 0 Å². The van der Waals surface area contributed by atoms with Crippen LogP contribution in [0.2, 0.25) is 0 Å². The summed E-state index contributed by atoms with van der Waals surface area (Å²) in [5, 5.41) is 3.47. The molecule has 0 saturated heterocycles. The van der Waals surface area contributed by atoms with E-state index in [0.717, 1.165) is 18.8 Å². The van der Waals surface area contributed by atoms with Crippen LogP contribution in [0, 0.1) is 13.8 Å². The minimum atomic E-state index is 0.889. The minimum Gasteiger partial charge on any atom is -0.497 e. The molecule has 3 heteroatoms. The quantitative estimate of drug-likeness (QED) is 0.887. The number of hydrogen-bond donors (Lipinski definition) is 1. The molecule has 0 bridgehead atoms. The summed E-state index contributed by atoms with van der Waals surface area (Å²) in [5.74, 6) is 0.906. The second-order valence-electron chi connectivity index (χ2n) is 4.40. The Hall–Kier alpha value is -1.32. The first-order valence-corrected chi connectivity index (χ1v) is 6.90. The largest absolute Gasteiger partial charge is 0.497 e. The van der Waals surface area contributed by atoms with Crippen LogP contribution in [-0.2, 0) is 13.1 Å². The molecule has 18 heavy (non-hydrogen) atoms. The predicted molar refractivity (Wildman–Crippen MR) is 77.3 cm³/mol. The number of nitrogens with one attached hydrogen (secondary N) is 1. The molecule has 0 atom stereocenters. The Bertz CT molecular complexity index is 482. The predicted octanol–water partition coefficient (Wildman–Crippen LogP) is 3.66. The van der Waals surface area contributed by atoms with Crippen LogP contribution in [-0.4, -0.2) is 7.11 Å². The van der Waals surface area contributed by atoms with Crippen molar-refractivity contribution >= 4 is 11.3 Å². The molecular weight excluding hydrogens is 242 g/mol. The smallest absolute Gasteiger partial charge is 0.118 e. The highest BCUT2D eigenvalue weighted by Crippen LogP contribution is 2.20. The van der Waals surface area contributed by atoms with Gasteiger partial charge in [0.05, 0.1) is 7.11 Å². The fourth-order valence-electron chi connectivity index (χ4n) is 1.81. The first-order valence-electron chi connectivity index (χ1n) is 6.08. The number of hydrogen-bond acceptors (Lipinski definition) is 3. The Morgan fingerprint density at radius 2 is 1.83 bits per heavy atom. The highest BCUT2D eigenvalue weighted by Gasteiger charge is 2.01. The maximum atomic E-state index is 5.14. The van der Waals surface area contributed by atoms with E-state index in [1.165, 1.54) is 20.9 Å². The normalized spacial score (nSPS) is 10.6. The maximum Gasteiger partial charge on any atom is 0.118 e. The Morgan fingerprint density at radius 3 is 2.39 bits per heavy atom. The van der Waals surface area contributed by atoms with Gasteiger partial charge in [-0.05, 0) is 43.2 Å². The Kier molecular flexibility index (Phi) is 4.39. The van der Waals surface area contributed by atoms with Crippen molar-refractivity contribution in [2.45, 2.75) is 26.9 Å². The molecule has 0 spiro atoms. The van der Waals surface area contributed by atoms with Crippen molar-refractivity contribution in [3.05, 3.63) is 51.2 Å². The summed E-state index contributed by atoms with van der Waals surface area (Å²) in [7, 11) is 1.69. The molecule has 0 aliphatic rings. The van der Waals surface area contributed by atoms with E-state index in [2.05, 4.69) is 37.4 Å². The molecule has 2 rings (SSSR count). The van der Waals surface area contributed by atoms with E-state index >= 15 is 0 Å². The van der Waals surface area contributed by atoms with Crippen LogP contribution < -0.4 is 10.1 Å². The summed E-state index contributed by atoms with van der Waals surface area (Å²) >= 11 is 1.87. The molecule has 0 unspecified atom stereocenters. The van der Waals surface area contributed by atoms with Crippen LogP contribution in [0.5, 0.6) is 5.75 Å². The van der Waals surface area contributed by atoms with Crippen molar-refractivity contribution in [1.29, 1.82) is 0 Å². The van der Waals surface area contributed by atoms with Crippen molar-refractivity contribution in [3.63, 3.8) is 0 Å². The van der Waals surface area contributed by atoms with Gasteiger partial charge < -0.3 is 10.1 Å². The number of thiophene rings is 1. The number of ether oxygens (including phenoxy) is 1. The molecule has 0 fully saturated rings. The number of methoxy groups -OCH3 is 1. The Balaban J connectivity index is 1.84. The highest BCUT2D eigenvalue weighted by molar-refractivity contribution is 7.12. The fraction of sp³-hybridized carbons (Fsp3) is 0.333. The third kappa shape index (κ3) is 3.34. The second-order valence-corrected chi connectivity index (χ2v) is 5.74. The molecule has 0 aliphatic heterocycles. The molecule has 0 aliphatic carbocycles. The van der Waals surface area contributed by atoms with Crippen LogP contribution >= 0.6 is 11.3 Å². The molecule has 2 nitrogen and oxygen atoms in total. The van der Waals surface area contributed by atoms with E-state index in [1.54, 1.807) is 7.11 Å². The molecule has 96 valence electrons. The first kappa shape index (κ1) is 13.1. The van der Waals surface area contributed by atoms with Gasteiger partial charge in [0, 0.05) is 22.8 Å². The Morgan fingerprint density at radius 1 is 1.11 bits per heavy atom. The molecule has 0 saturated carbocycles. The van der Waals surface area contributed by atoms with Crippen molar-refractivity contribution in [3.8, 4) is 5.75 Å². The first-order chi connectivity index (χ1) is 8.69. The van der Waals surface area contributed by atoms with Gasteiger partial charge in [0.1, 0.15) is 5.75 Å². The van der Waals surface area contributed by atoms with Crippen LogP contribution in [0.1, 0.15) is 20.9 Å². The average Bonchev–Trinajstić information content (AvgIpc) is 2.69. The molecular formula is C15H19NOS. The van der Waals surface area contributed by atoms with Gasteiger partial charge in [-0.2, -0.15) is 0 Å². The zero-order valence-corrected chi connectivity index (χ0v) is 11.9. The van der Waals surface area contributed by atoms with Gasteiger partial charge in [0.25, 0.3) is 0 Å². The average molecular weight is 261 g/mol. The van der Waals surface area contributed by atoms with Gasteiger partial charge in [-0.1, -0.05) is 12.1 Å². The summed E-state index contributed by atoms with van der Waals surface area (Å²) < 4.78 is 5.14. The molecule has 1 N–H and O–H groups in total. The van der Waals surface area contributed by atoms with Gasteiger partial charge in [-0.3, -0.25) is 0 Å². The fourth-order valence-corrected chi connectivity index (χ4v) is 2.83. The van der Waals surface area contributed by atoms with Gasteiger partial charge >= 0.3 is 0 Å². The second kappa shape index (κ2) is 6.03. The summed E-state index contributed by atoms with van der Waals surface area (Å²) in [5.41, 5.74) is 2.67. The van der Waals surface area contributed by atoms with Crippen LogP contribution in [0.3, 0.4) is 0 Å². The number of rotatable bonds is 5. The minimum absolute atomic E-state index is 0.889. The summed E-state index contributed by atoms with van der Waals surface area (Å²) in [6, 6.07) is 10.4. The molecule has 2 aromatic rings. The third-order valence-electron chi connectivity index (χ3n) is 3.00. The highest BCUT2D eigenvalue weighted by atomic mass is 32.1. The van der Waals surface area contributed by atoms with Gasteiger partial charge in [0.15, 0.2) is 0 Å². The van der Waals surface area contributed by atoms with E-state index < -0.39 is 0 Å². The molecule has 1 aromatic carbocycles. The van der Waals surface area contributed by atoms with Crippen molar-refractivity contribution < 1.29 is 4.74 Å². The lowest BCUT2D eigenvalue weighted by molar-refractivity contribution is 0.414. The zero-order chi connectivity index (χ0) is 13.0.